The summed E-state index contributed by atoms with van der Waals surface area (Å²) >= 11 is 0.0278. The molecule has 19 N–H and O–H groups in total. The fourth-order valence-corrected chi connectivity index (χ4v) is 11.3. The van der Waals surface area contributed by atoms with Crippen LogP contribution >= 0.6 is 80.8 Å². The van der Waals surface area contributed by atoms with E-state index in [2.05, 4.69) is 174 Å². The van der Waals surface area contributed by atoms with E-state index in [-0.39, 0.29) is 102 Å². The number of ether oxygens (including phenoxy) is 4. The molecule has 0 spiro atoms. The maximum absolute atomic E-state index is 9.53. The van der Waals surface area contributed by atoms with Gasteiger partial charge in [-0.15, -0.1) is 0 Å². The van der Waals surface area contributed by atoms with Gasteiger partial charge in [0.15, 0.2) is 0 Å². The zero-order valence-electron chi connectivity index (χ0n) is 60.9. The first-order valence-corrected chi connectivity index (χ1v) is 48.1. The summed E-state index contributed by atoms with van der Waals surface area (Å²) in [5.41, 5.74) is 6.53. The van der Waals surface area contributed by atoms with Crippen LogP contribution in [-0.4, -0.2) is 271 Å². The van der Waals surface area contributed by atoms with Crippen molar-refractivity contribution < 1.29 is 81.7 Å². The van der Waals surface area contributed by atoms with E-state index in [1.165, 1.54) is 25.7 Å². The van der Waals surface area contributed by atoms with Crippen LogP contribution in [0.15, 0.2) is 54.6 Å². The number of hydrogen-bond acceptors (Lipinski definition) is 26. The Labute approximate surface area is 675 Å². The Balaban J connectivity index is 0.000000653. The standard InChI is InChI=1S/C18H41N5O4.C16H35N5O2.C16H21N5.C15H27N5.8ClH.4Mn/c1-24-11-15-7-19-5-6-20-16(12-25-2)8-22-18(14-27-4)10-23-17(9-21-15)13-26-3;22-11-13-9-20-15-3-1-2-4-16(15)21-10-14(12-23)19-8-6-17-5-7-18-13;1-3-13-9-17-7-8-18-10-14-4-2-6-16(21-14)12-19-11-15(5-1)20-13;1-12-8-16-10-14-4-3-5-15(20-14)11-17-9-13(2)19-7-6-18-12;;;;;;;;;;;;/h15-23H,5-14H2,1-4H3;13-23H,1-12H2;1-6,17-19H,7-12H2;3-5,12-13,16-19H,6-11H2,1-2H3;8*1H;;;;/q;;;;;;;;;;;;4*+2/p-8/t15-,16+,17+,18-;13-,14-,15-,16-;;12-,13-;;;;;;;;;;;;/m01.0............/s1. The molecule has 3 aromatic heterocycles. The van der Waals surface area contributed by atoms with E-state index in [0.717, 1.165) is 191 Å². The van der Waals surface area contributed by atoms with Crippen molar-refractivity contribution in [2.75, 3.05) is 186 Å². The molecule has 6 bridgehead atoms. The summed E-state index contributed by atoms with van der Waals surface area (Å²) in [6.07, 6.45) is 4.88. The molecule has 7 heterocycles. The summed E-state index contributed by atoms with van der Waals surface area (Å²) < 4.78 is 21.5. The normalized spacial score (nSPS) is 25.0. The molecule has 8 rings (SSSR count). The van der Waals surface area contributed by atoms with Crippen molar-refractivity contribution >= 4 is 80.8 Å². The number of fused-ring (bicyclic) bond motifs is 7. The molecule has 0 amide bonds. The van der Waals surface area contributed by atoms with E-state index in [9.17, 15) is 10.2 Å². The predicted octanol–water partition coefficient (Wildman–Crippen LogP) is 2.68. The monoisotopic (exact) mass is 1780 g/mol. The Morgan fingerprint density at radius 3 is 0.942 bits per heavy atom. The number of rotatable bonds is 10. The van der Waals surface area contributed by atoms with Crippen LogP contribution in [0.25, 0.3) is 0 Å². The van der Waals surface area contributed by atoms with Crippen molar-refractivity contribution in [1.82, 2.24) is 105 Å². The van der Waals surface area contributed by atoms with Crippen molar-refractivity contribution in [2.45, 2.75) is 139 Å². The molecular weight excluding hydrogens is 1660 g/mol. The first kappa shape index (κ1) is 102. The molecule has 103 heavy (non-hydrogen) atoms. The van der Waals surface area contributed by atoms with Gasteiger partial charge in [-0.2, -0.15) is 0 Å². The van der Waals surface area contributed by atoms with Gasteiger partial charge in [0.2, 0.25) is 0 Å². The van der Waals surface area contributed by atoms with Crippen LogP contribution in [0, 0.1) is 0 Å². The molecule has 38 heteroatoms. The number of aromatic nitrogens is 3. The van der Waals surface area contributed by atoms with Gasteiger partial charge in [-0.05, 0) is 63.1 Å². The molecule has 26 nitrogen and oxygen atoms in total. The summed E-state index contributed by atoms with van der Waals surface area (Å²) in [6.45, 7) is 28.0. The predicted molar refractivity (Wildman–Crippen MR) is 412 cm³/mol. The van der Waals surface area contributed by atoms with Gasteiger partial charge in [-0.1, -0.05) is 31.0 Å². The van der Waals surface area contributed by atoms with Crippen LogP contribution in [0.5, 0.6) is 0 Å². The number of pyridine rings is 3. The average molecular weight is 1790 g/mol. The van der Waals surface area contributed by atoms with Crippen LogP contribution in [-0.2, 0) is 111 Å². The van der Waals surface area contributed by atoms with E-state index in [4.69, 9.17) is 99.7 Å². The first-order valence-electron chi connectivity index (χ1n) is 35.2. The maximum atomic E-state index is 9.53. The minimum Gasteiger partial charge on any atom is -0.310 e. The maximum Gasteiger partial charge on any atom is 0.0545 e. The summed E-state index contributed by atoms with van der Waals surface area (Å²) in [6, 6.07) is 21.6. The minimum atomic E-state index is 0.00694. The molecule has 3 aromatic rings. The largest absolute Gasteiger partial charge is 0.310 e. The fraction of sp³-hybridized carbons (Fsp3) is 0.769. The smallest absolute Gasteiger partial charge is 0.0545 e. The number of halogens is 8. The molecule has 0 radical (unpaired) electrons. The second kappa shape index (κ2) is 74.3. The van der Waals surface area contributed by atoms with Crippen molar-refractivity contribution in [2.24, 2.45) is 0 Å². The van der Waals surface area contributed by atoms with E-state index >= 15 is 0 Å². The van der Waals surface area contributed by atoms with Crippen LogP contribution in [0.1, 0.15) is 73.7 Å². The molecule has 4 aliphatic heterocycles. The van der Waals surface area contributed by atoms with Crippen LogP contribution < -0.4 is 90.4 Å². The van der Waals surface area contributed by atoms with Gasteiger partial charge in [0.25, 0.3) is 0 Å². The van der Waals surface area contributed by atoms with Crippen LogP contribution in [0.2, 0.25) is 0 Å². The fourth-order valence-electron chi connectivity index (χ4n) is 11.3. The number of nitrogens with one attached hydrogen (secondary N) is 17. The van der Waals surface area contributed by atoms with Crippen molar-refractivity contribution in [3.8, 4) is 0 Å². The van der Waals surface area contributed by atoms with Gasteiger partial charge in [0, 0.05) is 246 Å². The number of aliphatic hydroxyl groups excluding tert-OH is 2. The zero-order valence-corrected chi connectivity index (χ0v) is 71.7. The second-order valence-electron chi connectivity index (χ2n) is 24.7. The Bertz CT molecular complexity index is 2210. The Morgan fingerprint density at radius 1 is 0.330 bits per heavy atom. The zero-order chi connectivity index (χ0) is 75.4. The van der Waals surface area contributed by atoms with Gasteiger partial charge in [0.1, 0.15) is 0 Å². The average Bonchev–Trinajstić information content (AvgIpc) is 1.24. The number of hydrogen-bond donors (Lipinski definition) is 19. The van der Waals surface area contributed by atoms with Crippen molar-refractivity contribution in [1.29, 1.82) is 0 Å². The summed E-state index contributed by atoms with van der Waals surface area (Å²) in [5.74, 6) is 0. The van der Waals surface area contributed by atoms with Gasteiger partial charge in [-0.3, -0.25) is 15.0 Å². The molecule has 604 valence electrons. The third-order valence-corrected chi connectivity index (χ3v) is 16.4. The van der Waals surface area contributed by atoms with Gasteiger partial charge < -0.3 is 120 Å². The third kappa shape index (κ3) is 57.6. The summed E-state index contributed by atoms with van der Waals surface area (Å²) in [4.78, 5) is 14.0. The third-order valence-electron chi connectivity index (χ3n) is 16.4. The molecule has 1 aliphatic carbocycles. The van der Waals surface area contributed by atoms with E-state index in [0.29, 0.717) is 50.6 Å². The van der Waals surface area contributed by atoms with Gasteiger partial charge in [0.05, 0.1) is 73.8 Å². The van der Waals surface area contributed by atoms with Crippen LogP contribution in [0.4, 0.5) is 0 Å². The Hall–Kier alpha value is 0.928. The second-order valence-corrected chi connectivity index (χ2v) is 32.5. The van der Waals surface area contributed by atoms with E-state index in [1.54, 1.807) is 28.4 Å². The topological polar surface area (TPSA) is 321 Å². The van der Waals surface area contributed by atoms with Crippen molar-refractivity contribution in [3.05, 3.63) is 88.8 Å². The minimum absolute atomic E-state index is 0.00694. The molecule has 5 aliphatic rings. The van der Waals surface area contributed by atoms with E-state index < -0.39 is 0 Å². The number of aliphatic hydroxyl groups is 2. The number of nitrogens with zero attached hydrogens (tertiary/aromatic N) is 3. The van der Waals surface area contributed by atoms with Crippen LogP contribution in [0.3, 0.4) is 0 Å². The number of methoxy groups -OCH3 is 4. The molecule has 0 unspecified atom stereocenters. The quantitative estimate of drug-likeness (QED) is 0.130. The molecule has 2 saturated heterocycles. The molecule has 3 fully saturated rings. The first-order chi connectivity index (χ1) is 50.4. The Kier molecular flexibility index (Phi) is 73.6. The van der Waals surface area contributed by atoms with Crippen molar-refractivity contribution in [3.63, 3.8) is 0 Å². The van der Waals surface area contributed by atoms with Gasteiger partial charge in [-0.25, -0.2) is 0 Å². The molecule has 0 aromatic carbocycles. The molecular formula is C65H124Cl8Mn4N20O6. The van der Waals surface area contributed by atoms with Gasteiger partial charge >= 0.3 is 133 Å². The molecule has 1 saturated carbocycles. The SMILES string of the molecule is COC[C@H]1CN[C@H](COC)CN[C@@H](COC)CN[C@H](COC)CNCCN1.C[C@H]1CNCc2cccc(n2)CNC[C@H](C)NCCN1.OC[C@H]1CN[C@@H]2CCCC[C@H]2NC[C@H](CO)NCCNCCN1.[Cl][Mn][Cl].[Cl][Mn][Cl].[Cl][Mn][Cl].[Cl][Mn][Cl].c1cc2nc(c1)CNCc1cccc(n1)CNCCNC2. The summed E-state index contributed by atoms with van der Waals surface area (Å²) in [7, 11) is 45.3. The van der Waals surface area contributed by atoms with E-state index in [1.807, 2.05) is 0 Å². The summed E-state index contributed by atoms with van der Waals surface area (Å²) in [5, 5.41) is 78.4. The Morgan fingerprint density at radius 2 is 0.602 bits per heavy atom. The molecule has 10 atom stereocenters.